The van der Waals surface area contributed by atoms with Crippen LogP contribution in [-0.2, 0) is 0 Å². The van der Waals surface area contributed by atoms with E-state index >= 15 is 0 Å². The topological polar surface area (TPSA) is 43.8 Å². The molecule has 0 spiro atoms. The average Bonchev–Trinajstić information content (AvgIpc) is 3.20. The molecule has 0 aliphatic heterocycles. The standard InChI is InChI=1S/C18H19N3/c1-11-6-9-16-15(10-11)20-18(21(16)13-7-8-13)17-12(2)4-3-5-14(17)19/h3-6,9-10,13H,7-8,19H2,1-2H3. The van der Waals surface area contributed by atoms with Crippen LogP contribution in [0.1, 0.15) is 30.0 Å². The molecule has 1 aromatic heterocycles. The van der Waals surface area contributed by atoms with Gasteiger partial charge in [0.1, 0.15) is 5.82 Å². The van der Waals surface area contributed by atoms with E-state index in [0.717, 1.165) is 22.6 Å². The number of aryl methyl sites for hydroxylation is 2. The predicted molar refractivity (Wildman–Crippen MR) is 87.3 cm³/mol. The minimum atomic E-state index is 0.576. The number of hydrogen-bond donors (Lipinski definition) is 1. The number of benzene rings is 2. The SMILES string of the molecule is Cc1ccc2c(c1)nc(-c1c(C)cccc1N)n2C1CC1. The molecule has 2 aromatic carbocycles. The number of nitrogens with two attached hydrogens (primary N) is 1. The van der Waals surface area contributed by atoms with Crippen LogP contribution in [0.3, 0.4) is 0 Å². The summed E-state index contributed by atoms with van der Waals surface area (Å²) in [6, 6.07) is 13.2. The van der Waals surface area contributed by atoms with Gasteiger partial charge in [0.25, 0.3) is 0 Å². The Kier molecular flexibility index (Phi) is 2.58. The first-order valence-electron chi connectivity index (χ1n) is 7.49. The highest BCUT2D eigenvalue weighted by Gasteiger charge is 2.29. The van der Waals surface area contributed by atoms with Crippen molar-refractivity contribution < 1.29 is 0 Å². The van der Waals surface area contributed by atoms with E-state index in [2.05, 4.69) is 42.7 Å². The van der Waals surface area contributed by atoms with Gasteiger partial charge in [0, 0.05) is 17.3 Å². The number of aromatic nitrogens is 2. The van der Waals surface area contributed by atoms with Crippen molar-refractivity contribution in [3.8, 4) is 11.4 Å². The molecule has 0 unspecified atom stereocenters. The zero-order valence-electron chi connectivity index (χ0n) is 12.4. The summed E-state index contributed by atoms with van der Waals surface area (Å²) in [6.07, 6.45) is 2.47. The molecule has 0 amide bonds. The summed E-state index contributed by atoms with van der Waals surface area (Å²) < 4.78 is 2.38. The van der Waals surface area contributed by atoms with Crippen LogP contribution in [0.2, 0.25) is 0 Å². The Morgan fingerprint density at radius 1 is 1.14 bits per heavy atom. The Morgan fingerprint density at radius 3 is 2.67 bits per heavy atom. The highest BCUT2D eigenvalue weighted by Crippen LogP contribution is 2.42. The molecule has 0 saturated heterocycles. The van der Waals surface area contributed by atoms with Crippen molar-refractivity contribution in [3.05, 3.63) is 47.5 Å². The number of nitrogens with zero attached hydrogens (tertiary/aromatic N) is 2. The summed E-state index contributed by atoms with van der Waals surface area (Å²) in [5.74, 6) is 1.02. The Hall–Kier alpha value is -2.29. The maximum Gasteiger partial charge on any atom is 0.143 e. The number of hydrogen-bond acceptors (Lipinski definition) is 2. The number of anilines is 1. The summed E-state index contributed by atoms with van der Waals surface area (Å²) in [6.45, 7) is 4.21. The van der Waals surface area contributed by atoms with Gasteiger partial charge >= 0.3 is 0 Å². The van der Waals surface area contributed by atoms with E-state index in [1.165, 1.54) is 29.5 Å². The molecule has 0 radical (unpaired) electrons. The lowest BCUT2D eigenvalue weighted by Gasteiger charge is -2.12. The molecule has 3 heteroatoms. The lowest BCUT2D eigenvalue weighted by Crippen LogP contribution is -2.01. The quantitative estimate of drug-likeness (QED) is 0.712. The molecule has 3 nitrogen and oxygen atoms in total. The molecule has 0 atom stereocenters. The van der Waals surface area contributed by atoms with E-state index in [9.17, 15) is 0 Å². The highest BCUT2D eigenvalue weighted by atomic mass is 15.1. The van der Waals surface area contributed by atoms with Crippen molar-refractivity contribution in [2.24, 2.45) is 0 Å². The number of nitrogen functional groups attached to an aromatic ring is 1. The largest absolute Gasteiger partial charge is 0.398 e. The minimum Gasteiger partial charge on any atom is -0.398 e. The van der Waals surface area contributed by atoms with Gasteiger partial charge in [-0.15, -0.1) is 0 Å². The fourth-order valence-corrected chi connectivity index (χ4v) is 3.08. The Morgan fingerprint density at radius 2 is 1.95 bits per heavy atom. The van der Waals surface area contributed by atoms with Gasteiger partial charge in [-0.3, -0.25) is 0 Å². The Balaban J connectivity index is 2.06. The van der Waals surface area contributed by atoms with Crippen molar-refractivity contribution >= 4 is 16.7 Å². The molecule has 1 heterocycles. The summed E-state index contributed by atoms with van der Waals surface area (Å²) in [7, 11) is 0. The fraction of sp³-hybridized carbons (Fsp3) is 0.278. The maximum atomic E-state index is 6.24. The fourth-order valence-electron chi connectivity index (χ4n) is 3.08. The first-order valence-corrected chi connectivity index (χ1v) is 7.49. The van der Waals surface area contributed by atoms with E-state index in [-0.39, 0.29) is 0 Å². The second kappa shape index (κ2) is 4.35. The first-order chi connectivity index (χ1) is 10.1. The van der Waals surface area contributed by atoms with E-state index in [1.807, 2.05) is 12.1 Å². The third-order valence-corrected chi connectivity index (χ3v) is 4.29. The van der Waals surface area contributed by atoms with Gasteiger partial charge in [-0.25, -0.2) is 4.98 Å². The van der Waals surface area contributed by atoms with Crippen molar-refractivity contribution in [3.63, 3.8) is 0 Å². The number of rotatable bonds is 2. The minimum absolute atomic E-state index is 0.576. The van der Waals surface area contributed by atoms with Crippen molar-refractivity contribution in [2.45, 2.75) is 32.7 Å². The van der Waals surface area contributed by atoms with Gasteiger partial charge in [-0.2, -0.15) is 0 Å². The molecule has 4 rings (SSSR count). The van der Waals surface area contributed by atoms with Crippen LogP contribution in [0, 0.1) is 13.8 Å². The van der Waals surface area contributed by atoms with Crippen LogP contribution in [0.5, 0.6) is 0 Å². The summed E-state index contributed by atoms with van der Waals surface area (Å²) in [5.41, 5.74) is 12.9. The van der Waals surface area contributed by atoms with Crippen LogP contribution >= 0.6 is 0 Å². The third kappa shape index (κ3) is 1.92. The van der Waals surface area contributed by atoms with E-state index in [0.29, 0.717) is 6.04 Å². The maximum absolute atomic E-state index is 6.24. The lowest BCUT2D eigenvalue weighted by atomic mass is 10.1. The van der Waals surface area contributed by atoms with Crippen molar-refractivity contribution in [1.82, 2.24) is 9.55 Å². The molecule has 0 bridgehead atoms. The predicted octanol–water partition coefficient (Wildman–Crippen LogP) is 4.24. The molecule has 1 aliphatic rings. The smallest absolute Gasteiger partial charge is 0.143 e. The second-order valence-corrected chi connectivity index (χ2v) is 6.07. The summed E-state index contributed by atoms with van der Waals surface area (Å²) in [4.78, 5) is 4.91. The van der Waals surface area contributed by atoms with E-state index < -0.39 is 0 Å². The van der Waals surface area contributed by atoms with Gasteiger partial charge in [0.15, 0.2) is 0 Å². The van der Waals surface area contributed by atoms with Crippen LogP contribution in [0.15, 0.2) is 36.4 Å². The molecule has 1 aliphatic carbocycles. The van der Waals surface area contributed by atoms with Gasteiger partial charge in [-0.1, -0.05) is 18.2 Å². The summed E-state index contributed by atoms with van der Waals surface area (Å²) >= 11 is 0. The third-order valence-electron chi connectivity index (χ3n) is 4.29. The van der Waals surface area contributed by atoms with Crippen LogP contribution in [-0.4, -0.2) is 9.55 Å². The van der Waals surface area contributed by atoms with Crippen molar-refractivity contribution in [2.75, 3.05) is 5.73 Å². The Labute approximate surface area is 124 Å². The molecule has 1 fully saturated rings. The monoisotopic (exact) mass is 277 g/mol. The Bertz CT molecular complexity index is 821. The molecule has 3 aromatic rings. The molecule has 21 heavy (non-hydrogen) atoms. The van der Waals surface area contributed by atoms with Gasteiger partial charge in [0.05, 0.1) is 11.0 Å². The molecule has 1 saturated carbocycles. The highest BCUT2D eigenvalue weighted by molar-refractivity contribution is 5.85. The number of fused-ring (bicyclic) bond motifs is 1. The van der Waals surface area contributed by atoms with Gasteiger partial charge in [0.2, 0.25) is 0 Å². The molecule has 106 valence electrons. The van der Waals surface area contributed by atoms with Crippen molar-refractivity contribution in [1.29, 1.82) is 0 Å². The van der Waals surface area contributed by atoms with E-state index in [4.69, 9.17) is 10.7 Å². The second-order valence-electron chi connectivity index (χ2n) is 6.07. The lowest BCUT2D eigenvalue weighted by molar-refractivity contribution is 0.775. The summed E-state index contributed by atoms with van der Waals surface area (Å²) in [5, 5.41) is 0. The van der Waals surface area contributed by atoms with Crippen LogP contribution in [0.25, 0.3) is 22.4 Å². The zero-order valence-corrected chi connectivity index (χ0v) is 12.4. The van der Waals surface area contributed by atoms with Gasteiger partial charge in [-0.05, 0) is 56.0 Å². The normalized spacial score (nSPS) is 14.8. The molecule has 2 N–H and O–H groups in total. The number of imidazole rings is 1. The average molecular weight is 277 g/mol. The van der Waals surface area contributed by atoms with Gasteiger partial charge < -0.3 is 10.3 Å². The van der Waals surface area contributed by atoms with Crippen LogP contribution < -0.4 is 5.73 Å². The zero-order chi connectivity index (χ0) is 14.6. The molecular formula is C18H19N3. The van der Waals surface area contributed by atoms with E-state index in [1.54, 1.807) is 0 Å². The first kappa shape index (κ1) is 12.5. The van der Waals surface area contributed by atoms with Crippen LogP contribution in [0.4, 0.5) is 5.69 Å². The molecular weight excluding hydrogens is 258 g/mol.